The van der Waals surface area contributed by atoms with E-state index in [0.29, 0.717) is 11.1 Å². The van der Waals surface area contributed by atoms with E-state index < -0.39 is 11.7 Å². The van der Waals surface area contributed by atoms with E-state index in [4.69, 9.17) is 0 Å². The van der Waals surface area contributed by atoms with Crippen LogP contribution in [0.3, 0.4) is 0 Å². The molecule has 0 fully saturated rings. The Balaban J connectivity index is 1.72. The molecule has 0 spiro atoms. The summed E-state index contributed by atoms with van der Waals surface area (Å²) < 4.78 is 15.1. The fourth-order valence-corrected chi connectivity index (χ4v) is 3.40. The van der Waals surface area contributed by atoms with Crippen molar-refractivity contribution in [3.63, 3.8) is 0 Å². The Labute approximate surface area is 167 Å². The molecule has 0 aliphatic carbocycles. The van der Waals surface area contributed by atoms with Gasteiger partial charge in [0, 0.05) is 17.3 Å². The molecular formula is C24H19FN2O2. The van der Waals surface area contributed by atoms with E-state index in [1.54, 1.807) is 28.8 Å². The summed E-state index contributed by atoms with van der Waals surface area (Å²) in [6, 6.07) is 22.3. The van der Waals surface area contributed by atoms with Gasteiger partial charge in [-0.15, -0.1) is 0 Å². The maximum absolute atomic E-state index is 13.4. The second-order valence-corrected chi connectivity index (χ2v) is 6.84. The van der Waals surface area contributed by atoms with Crippen LogP contribution in [0.4, 0.5) is 4.39 Å². The zero-order valence-electron chi connectivity index (χ0n) is 15.8. The number of aromatic nitrogens is 1. The fraction of sp³-hybridized carbons (Fsp3) is 0.0833. The number of halogens is 1. The third kappa shape index (κ3) is 3.67. The molecule has 0 unspecified atom stereocenters. The molecule has 1 amide bonds. The largest absolute Gasteiger partial charge is 0.343 e. The minimum atomic E-state index is -0.687. The molecule has 0 saturated carbocycles. The number of Topliss-reactive ketones (excluding diaryl/α,β-unsaturated/α-hetero) is 1. The molecule has 0 aliphatic heterocycles. The van der Waals surface area contributed by atoms with Gasteiger partial charge in [-0.1, -0.05) is 48.5 Å². The van der Waals surface area contributed by atoms with Crippen molar-refractivity contribution < 1.29 is 14.0 Å². The van der Waals surface area contributed by atoms with Crippen LogP contribution in [0.15, 0.2) is 85.1 Å². The Hall–Kier alpha value is -3.73. The Bertz CT molecular complexity index is 1180. The molecule has 1 atom stereocenters. The lowest BCUT2D eigenvalue weighted by molar-refractivity contribution is -0.117. The van der Waals surface area contributed by atoms with Gasteiger partial charge in [-0.05, 0) is 48.4 Å². The van der Waals surface area contributed by atoms with Gasteiger partial charge < -0.3 is 9.72 Å². The molecule has 4 rings (SSSR count). The zero-order chi connectivity index (χ0) is 20.4. The number of amides is 1. The highest BCUT2D eigenvalue weighted by molar-refractivity contribution is 6.43. The standard InChI is InChI=1S/C24H19FN2O2/c1-16(17-7-3-2-4-8-17)26-24(29)23(28)22-21(18-10-12-19(25)13-11-18)15-20-9-5-6-14-27(20)22/h2-16H,1H3,(H,26,29)/t16-/m1/s1. The Kier molecular flexibility index (Phi) is 4.96. The number of hydrogen-bond donors (Lipinski definition) is 1. The number of nitrogens with zero attached hydrogens (tertiary/aromatic N) is 1. The summed E-state index contributed by atoms with van der Waals surface area (Å²) in [6.45, 7) is 1.83. The van der Waals surface area contributed by atoms with Crippen LogP contribution >= 0.6 is 0 Å². The highest BCUT2D eigenvalue weighted by atomic mass is 19.1. The van der Waals surface area contributed by atoms with Gasteiger partial charge in [0.2, 0.25) is 0 Å². The molecule has 0 aliphatic rings. The molecule has 4 aromatic rings. The number of pyridine rings is 1. The van der Waals surface area contributed by atoms with Crippen molar-refractivity contribution in [2.45, 2.75) is 13.0 Å². The van der Waals surface area contributed by atoms with Crippen molar-refractivity contribution in [3.05, 3.63) is 102 Å². The number of nitrogens with one attached hydrogen (secondary N) is 1. The first-order chi connectivity index (χ1) is 14.0. The predicted octanol–water partition coefficient (Wildman–Crippen LogP) is 4.81. The third-order valence-electron chi connectivity index (χ3n) is 4.90. The molecule has 1 N–H and O–H groups in total. The molecule has 2 aromatic carbocycles. The molecule has 29 heavy (non-hydrogen) atoms. The minimum absolute atomic E-state index is 0.255. The second-order valence-electron chi connectivity index (χ2n) is 6.84. The minimum Gasteiger partial charge on any atom is -0.343 e. The molecule has 2 aromatic heterocycles. The van der Waals surface area contributed by atoms with Crippen LogP contribution in [0.1, 0.15) is 29.0 Å². The number of rotatable bonds is 5. The monoisotopic (exact) mass is 386 g/mol. The summed E-state index contributed by atoms with van der Waals surface area (Å²) in [5.74, 6) is -1.69. The van der Waals surface area contributed by atoms with Crippen molar-refractivity contribution in [2.75, 3.05) is 0 Å². The lowest BCUT2D eigenvalue weighted by atomic mass is 10.0. The van der Waals surface area contributed by atoms with Crippen LogP contribution in [0.5, 0.6) is 0 Å². The van der Waals surface area contributed by atoms with Crippen LogP contribution in [0.2, 0.25) is 0 Å². The number of carbonyl (C=O) groups is 2. The van der Waals surface area contributed by atoms with E-state index in [-0.39, 0.29) is 17.6 Å². The SMILES string of the molecule is C[C@@H](NC(=O)C(=O)c1c(-c2ccc(F)cc2)cc2ccccn12)c1ccccc1. The first-order valence-corrected chi connectivity index (χ1v) is 9.31. The van der Waals surface area contributed by atoms with Crippen LogP contribution in [0.25, 0.3) is 16.6 Å². The average Bonchev–Trinajstić information content (AvgIpc) is 3.13. The number of hydrogen-bond acceptors (Lipinski definition) is 2. The van der Waals surface area contributed by atoms with Crippen molar-refractivity contribution in [1.29, 1.82) is 0 Å². The lowest BCUT2D eigenvalue weighted by Crippen LogP contribution is -2.34. The van der Waals surface area contributed by atoms with E-state index >= 15 is 0 Å². The van der Waals surface area contributed by atoms with Crippen molar-refractivity contribution in [1.82, 2.24) is 9.72 Å². The van der Waals surface area contributed by atoms with Gasteiger partial charge in [0.1, 0.15) is 11.5 Å². The summed E-state index contributed by atoms with van der Waals surface area (Å²) in [6.07, 6.45) is 1.74. The van der Waals surface area contributed by atoms with Gasteiger partial charge in [0.15, 0.2) is 0 Å². The molecule has 0 bridgehead atoms. The summed E-state index contributed by atoms with van der Waals surface area (Å²) >= 11 is 0. The predicted molar refractivity (Wildman–Crippen MR) is 110 cm³/mol. The molecule has 0 saturated heterocycles. The van der Waals surface area contributed by atoms with E-state index in [0.717, 1.165) is 11.1 Å². The van der Waals surface area contributed by atoms with Gasteiger partial charge in [0.25, 0.3) is 11.7 Å². The number of ketones is 1. The number of fused-ring (bicyclic) bond motifs is 1. The fourth-order valence-electron chi connectivity index (χ4n) is 3.40. The molecule has 2 heterocycles. The van der Waals surface area contributed by atoms with Gasteiger partial charge in [-0.25, -0.2) is 4.39 Å². The molecule has 4 nitrogen and oxygen atoms in total. The summed E-state index contributed by atoms with van der Waals surface area (Å²) in [5, 5.41) is 2.77. The molecule has 144 valence electrons. The number of carbonyl (C=O) groups excluding carboxylic acids is 2. The van der Waals surface area contributed by atoms with Crippen LogP contribution in [0, 0.1) is 5.82 Å². The van der Waals surface area contributed by atoms with Gasteiger partial charge in [-0.3, -0.25) is 9.59 Å². The lowest BCUT2D eigenvalue weighted by Gasteiger charge is -2.14. The maximum atomic E-state index is 13.4. The molecule has 0 radical (unpaired) electrons. The molecule has 5 heteroatoms. The van der Waals surface area contributed by atoms with Gasteiger partial charge in [-0.2, -0.15) is 0 Å². The van der Waals surface area contributed by atoms with Crippen molar-refractivity contribution >= 4 is 17.2 Å². The van der Waals surface area contributed by atoms with Crippen molar-refractivity contribution in [3.8, 4) is 11.1 Å². The average molecular weight is 386 g/mol. The second kappa shape index (κ2) is 7.72. The Morgan fingerprint density at radius 1 is 0.931 bits per heavy atom. The Morgan fingerprint density at radius 2 is 1.62 bits per heavy atom. The summed E-state index contributed by atoms with van der Waals surface area (Å²) in [4.78, 5) is 25.9. The van der Waals surface area contributed by atoms with E-state index in [2.05, 4.69) is 5.32 Å². The highest BCUT2D eigenvalue weighted by Crippen LogP contribution is 2.28. The highest BCUT2D eigenvalue weighted by Gasteiger charge is 2.25. The van der Waals surface area contributed by atoms with Gasteiger partial charge in [0.05, 0.1) is 6.04 Å². The third-order valence-corrected chi connectivity index (χ3v) is 4.90. The first-order valence-electron chi connectivity index (χ1n) is 9.31. The topological polar surface area (TPSA) is 50.6 Å². The van der Waals surface area contributed by atoms with E-state index in [1.165, 1.54) is 12.1 Å². The summed E-state index contributed by atoms with van der Waals surface area (Å²) in [7, 11) is 0. The first kappa shape index (κ1) is 18.6. The molecular weight excluding hydrogens is 367 g/mol. The maximum Gasteiger partial charge on any atom is 0.294 e. The summed E-state index contributed by atoms with van der Waals surface area (Å²) in [5.41, 5.74) is 3.20. The quantitative estimate of drug-likeness (QED) is 0.395. The van der Waals surface area contributed by atoms with E-state index in [9.17, 15) is 14.0 Å². The van der Waals surface area contributed by atoms with Crippen LogP contribution < -0.4 is 5.32 Å². The van der Waals surface area contributed by atoms with E-state index in [1.807, 2.05) is 55.5 Å². The smallest absolute Gasteiger partial charge is 0.294 e. The van der Waals surface area contributed by atoms with Crippen LogP contribution in [-0.4, -0.2) is 16.1 Å². The van der Waals surface area contributed by atoms with Crippen molar-refractivity contribution in [2.24, 2.45) is 0 Å². The number of benzene rings is 2. The zero-order valence-corrected chi connectivity index (χ0v) is 15.8. The normalized spacial score (nSPS) is 11.9. The Morgan fingerprint density at radius 3 is 2.34 bits per heavy atom. The van der Waals surface area contributed by atoms with Gasteiger partial charge >= 0.3 is 0 Å². The van der Waals surface area contributed by atoms with Crippen LogP contribution in [-0.2, 0) is 4.79 Å².